The number of aromatic nitrogens is 1. The lowest BCUT2D eigenvalue weighted by atomic mass is 9.85. The van der Waals surface area contributed by atoms with Crippen LogP contribution in [0.5, 0.6) is 11.5 Å². The molecule has 0 radical (unpaired) electrons. The van der Waals surface area contributed by atoms with Crippen LogP contribution in [0.25, 0.3) is 22.2 Å². The minimum absolute atomic E-state index is 0.0398. The van der Waals surface area contributed by atoms with E-state index in [9.17, 15) is 24.3 Å². The van der Waals surface area contributed by atoms with Crippen molar-refractivity contribution < 1.29 is 38.5 Å². The number of fused-ring (bicyclic) bond motifs is 1. The lowest BCUT2D eigenvalue weighted by Gasteiger charge is -2.35. The second kappa shape index (κ2) is 14.7. The molecule has 4 aromatic rings. The van der Waals surface area contributed by atoms with Gasteiger partial charge in [-0.2, -0.15) is 0 Å². The Bertz CT molecular complexity index is 1920. The summed E-state index contributed by atoms with van der Waals surface area (Å²) in [6, 6.07) is 20.7. The van der Waals surface area contributed by atoms with Crippen LogP contribution in [0.4, 0.5) is 10.5 Å². The highest BCUT2D eigenvalue weighted by molar-refractivity contribution is 5.99. The van der Waals surface area contributed by atoms with E-state index >= 15 is 0 Å². The van der Waals surface area contributed by atoms with E-state index in [4.69, 9.17) is 19.2 Å². The largest absolute Gasteiger partial charge is 0.497 e. The fourth-order valence-corrected chi connectivity index (χ4v) is 5.87. The van der Waals surface area contributed by atoms with Crippen molar-refractivity contribution in [1.29, 1.82) is 0 Å². The molecule has 2 heterocycles. The van der Waals surface area contributed by atoms with E-state index < -0.39 is 53.1 Å². The molecule has 1 aliphatic rings. The van der Waals surface area contributed by atoms with E-state index in [-0.39, 0.29) is 18.5 Å². The van der Waals surface area contributed by atoms with Crippen molar-refractivity contribution in [3.05, 3.63) is 84.4 Å². The standard InChI is InChI=1S/C39H44N4O8/c1-38(2,3)33(42-37(48)51-39(4,5)6)35(45)43-22-27(20-31(43)34(44)40-25-15-13-24(14-16-25)36(46)47)50-32-21-29(23-11-9-8-10-12-23)41-30-19-26(49-7)17-18-28(30)32/h8-19,21,27,31,33H,20,22H2,1-7H3,(H,40,44)(H,42,48)(H,46,47)/t27-,31+,33-/m1/s1. The maximum absolute atomic E-state index is 14.4. The molecule has 3 amide bonds. The molecule has 0 spiro atoms. The fourth-order valence-electron chi connectivity index (χ4n) is 5.87. The number of hydrogen-bond acceptors (Lipinski definition) is 8. The van der Waals surface area contributed by atoms with Crippen molar-refractivity contribution in [3.63, 3.8) is 0 Å². The normalized spacial score (nSPS) is 16.6. The van der Waals surface area contributed by atoms with Gasteiger partial charge in [0.25, 0.3) is 0 Å². The molecule has 268 valence electrons. The van der Waals surface area contributed by atoms with Crippen LogP contribution < -0.4 is 20.1 Å². The summed E-state index contributed by atoms with van der Waals surface area (Å²) in [5.74, 6) is -0.915. The number of anilines is 1. The smallest absolute Gasteiger partial charge is 0.408 e. The van der Waals surface area contributed by atoms with Crippen molar-refractivity contribution in [2.24, 2.45) is 5.41 Å². The van der Waals surface area contributed by atoms with Crippen molar-refractivity contribution in [2.45, 2.75) is 71.8 Å². The van der Waals surface area contributed by atoms with Gasteiger partial charge < -0.3 is 34.9 Å². The summed E-state index contributed by atoms with van der Waals surface area (Å²) in [4.78, 5) is 59.0. The summed E-state index contributed by atoms with van der Waals surface area (Å²) < 4.78 is 17.6. The van der Waals surface area contributed by atoms with Crippen LogP contribution in [0, 0.1) is 5.41 Å². The number of amides is 3. The number of likely N-dealkylation sites (tertiary alicyclic amines) is 1. The van der Waals surface area contributed by atoms with Gasteiger partial charge in [-0.05, 0) is 62.6 Å². The zero-order valence-corrected chi connectivity index (χ0v) is 29.9. The predicted octanol–water partition coefficient (Wildman–Crippen LogP) is 6.54. The Hall–Kier alpha value is -5.65. The zero-order chi connectivity index (χ0) is 37.1. The van der Waals surface area contributed by atoms with Gasteiger partial charge in [-0.25, -0.2) is 14.6 Å². The molecule has 0 aliphatic carbocycles. The van der Waals surface area contributed by atoms with Crippen molar-refractivity contribution >= 4 is 40.5 Å². The lowest BCUT2D eigenvalue weighted by Crippen LogP contribution is -2.57. The highest BCUT2D eigenvalue weighted by atomic mass is 16.6. The Kier molecular flexibility index (Phi) is 10.5. The second-order valence-corrected chi connectivity index (χ2v) is 14.6. The molecular formula is C39H44N4O8. The summed E-state index contributed by atoms with van der Waals surface area (Å²) >= 11 is 0. The molecule has 3 aromatic carbocycles. The maximum atomic E-state index is 14.4. The molecule has 3 atom stereocenters. The van der Waals surface area contributed by atoms with Crippen molar-refractivity contribution in [1.82, 2.24) is 15.2 Å². The molecule has 0 bridgehead atoms. The Morgan fingerprint density at radius 2 is 1.61 bits per heavy atom. The third-order valence-electron chi connectivity index (χ3n) is 8.36. The van der Waals surface area contributed by atoms with Gasteiger partial charge in [0.15, 0.2) is 0 Å². The van der Waals surface area contributed by atoms with E-state index in [0.717, 1.165) is 10.9 Å². The number of carboxylic acid groups (broad SMARTS) is 1. The number of carboxylic acids is 1. The number of ether oxygens (including phenoxy) is 3. The maximum Gasteiger partial charge on any atom is 0.408 e. The molecule has 12 nitrogen and oxygen atoms in total. The number of carbonyl (C=O) groups excluding carboxylic acids is 3. The Morgan fingerprint density at radius 1 is 0.922 bits per heavy atom. The van der Waals surface area contributed by atoms with E-state index in [2.05, 4.69) is 10.6 Å². The van der Waals surface area contributed by atoms with Crippen LogP contribution in [0.2, 0.25) is 0 Å². The van der Waals surface area contributed by atoms with Gasteiger partial charge in [-0.3, -0.25) is 9.59 Å². The monoisotopic (exact) mass is 696 g/mol. The van der Waals surface area contributed by atoms with E-state index in [1.165, 1.54) is 29.2 Å². The summed E-state index contributed by atoms with van der Waals surface area (Å²) in [5.41, 5.74) is 1.07. The second-order valence-electron chi connectivity index (χ2n) is 14.6. The number of aromatic carboxylic acids is 1. The number of nitrogens with one attached hydrogen (secondary N) is 2. The summed E-state index contributed by atoms with van der Waals surface area (Å²) in [5, 5.41) is 15.6. The molecule has 1 saturated heterocycles. The van der Waals surface area contributed by atoms with Gasteiger partial charge in [0.2, 0.25) is 11.8 Å². The van der Waals surface area contributed by atoms with Crippen LogP contribution in [0.1, 0.15) is 58.3 Å². The molecule has 1 fully saturated rings. The average molecular weight is 697 g/mol. The van der Waals surface area contributed by atoms with Gasteiger partial charge in [0.1, 0.15) is 35.3 Å². The van der Waals surface area contributed by atoms with Gasteiger partial charge in [0, 0.05) is 35.2 Å². The number of methoxy groups -OCH3 is 1. The third-order valence-corrected chi connectivity index (χ3v) is 8.36. The number of carbonyl (C=O) groups is 4. The molecular weight excluding hydrogens is 652 g/mol. The molecule has 0 unspecified atom stereocenters. The first-order chi connectivity index (χ1) is 24.0. The summed E-state index contributed by atoms with van der Waals surface area (Å²) in [6.45, 7) is 10.7. The molecule has 1 aromatic heterocycles. The van der Waals surface area contributed by atoms with Crippen LogP contribution in [0.15, 0.2) is 78.9 Å². The predicted molar refractivity (Wildman–Crippen MR) is 193 cm³/mol. The Labute approximate surface area is 297 Å². The quantitative estimate of drug-likeness (QED) is 0.177. The number of pyridine rings is 1. The SMILES string of the molecule is COc1ccc2c(O[C@@H]3C[C@@H](C(=O)Nc4ccc(C(=O)O)cc4)N(C(=O)[C@@H](NC(=O)OC(C)(C)C)C(C)(C)C)C3)cc(-c3ccccc3)nc2c1. The fraction of sp³-hybridized carbons (Fsp3) is 0.359. The van der Waals surface area contributed by atoms with Crippen LogP contribution >= 0.6 is 0 Å². The number of alkyl carbamates (subject to hydrolysis) is 1. The number of nitrogens with zero attached hydrogens (tertiary/aromatic N) is 2. The topological polar surface area (TPSA) is 156 Å². The minimum atomic E-state index is -1.09. The van der Waals surface area contributed by atoms with E-state index in [1.54, 1.807) is 27.9 Å². The average Bonchev–Trinajstić information content (AvgIpc) is 3.50. The van der Waals surface area contributed by atoms with Crippen LogP contribution in [0.3, 0.4) is 0 Å². The molecule has 51 heavy (non-hydrogen) atoms. The zero-order valence-electron chi connectivity index (χ0n) is 29.9. The first-order valence-electron chi connectivity index (χ1n) is 16.7. The van der Waals surface area contributed by atoms with Gasteiger partial charge in [0.05, 0.1) is 30.4 Å². The van der Waals surface area contributed by atoms with E-state index in [0.29, 0.717) is 28.4 Å². The molecule has 3 N–H and O–H groups in total. The van der Waals surface area contributed by atoms with Gasteiger partial charge in [-0.1, -0.05) is 51.1 Å². The van der Waals surface area contributed by atoms with E-state index in [1.807, 2.05) is 75.4 Å². The molecule has 12 heteroatoms. The highest BCUT2D eigenvalue weighted by Crippen LogP contribution is 2.35. The summed E-state index contributed by atoms with van der Waals surface area (Å²) in [6.07, 6.45) is -1.25. The van der Waals surface area contributed by atoms with Gasteiger partial charge >= 0.3 is 12.1 Å². The van der Waals surface area contributed by atoms with Crippen LogP contribution in [-0.4, -0.2) is 76.3 Å². The Morgan fingerprint density at radius 3 is 2.22 bits per heavy atom. The number of hydrogen-bond donors (Lipinski definition) is 3. The number of rotatable bonds is 9. The Balaban J connectivity index is 1.50. The molecule has 0 saturated carbocycles. The minimum Gasteiger partial charge on any atom is -0.497 e. The first kappa shape index (κ1) is 36.6. The summed E-state index contributed by atoms with van der Waals surface area (Å²) in [7, 11) is 1.58. The van der Waals surface area contributed by atoms with Crippen molar-refractivity contribution in [2.75, 3.05) is 19.0 Å². The lowest BCUT2D eigenvalue weighted by molar-refractivity contribution is -0.140. The third kappa shape index (κ3) is 8.94. The molecule has 1 aliphatic heterocycles. The van der Waals surface area contributed by atoms with Gasteiger partial charge in [-0.15, -0.1) is 0 Å². The first-order valence-corrected chi connectivity index (χ1v) is 16.7. The highest BCUT2D eigenvalue weighted by Gasteiger charge is 2.46. The van der Waals surface area contributed by atoms with Crippen molar-refractivity contribution in [3.8, 4) is 22.8 Å². The number of benzene rings is 3. The molecule has 5 rings (SSSR count). The van der Waals surface area contributed by atoms with Crippen LogP contribution in [-0.2, 0) is 14.3 Å².